The summed E-state index contributed by atoms with van der Waals surface area (Å²) in [6.45, 7) is 1.90. The fourth-order valence-electron chi connectivity index (χ4n) is 1.45. The summed E-state index contributed by atoms with van der Waals surface area (Å²) < 4.78 is 1.94. The van der Waals surface area contributed by atoms with Gasteiger partial charge in [0.2, 0.25) is 0 Å². The van der Waals surface area contributed by atoms with Crippen LogP contribution in [0.1, 0.15) is 16.2 Å². The molecule has 2 rings (SSSR count). The highest BCUT2D eigenvalue weighted by Gasteiger charge is 2.10. The molecule has 0 spiro atoms. The lowest BCUT2D eigenvalue weighted by Crippen LogP contribution is -1.90. The van der Waals surface area contributed by atoms with Crippen LogP contribution in [0.3, 0.4) is 0 Å². The molecule has 0 aliphatic rings. The third-order valence-electron chi connectivity index (χ3n) is 2.37. The Morgan fingerprint density at radius 2 is 2.21 bits per heavy atom. The van der Waals surface area contributed by atoms with Gasteiger partial charge in [-0.25, -0.2) is 4.98 Å². The van der Waals surface area contributed by atoms with Crippen molar-refractivity contribution in [3.05, 3.63) is 28.5 Å². The van der Waals surface area contributed by atoms with Crippen molar-refractivity contribution >= 4 is 28.9 Å². The summed E-state index contributed by atoms with van der Waals surface area (Å²) in [5.74, 6) is 0.880. The number of halogens is 1. The van der Waals surface area contributed by atoms with Crippen LogP contribution in [0.15, 0.2) is 12.1 Å². The fraction of sp³-hybridized carbons (Fsp3) is 0.200. The van der Waals surface area contributed by atoms with Crippen LogP contribution >= 0.6 is 11.6 Å². The number of rotatable bonds is 1. The number of carbonyl (C=O) groups is 1. The van der Waals surface area contributed by atoms with Crippen molar-refractivity contribution in [3.8, 4) is 0 Å². The normalized spacial score (nSPS) is 10.8. The first-order valence-corrected chi connectivity index (χ1v) is 4.59. The molecule has 0 atom stereocenters. The number of hydrogen-bond acceptors (Lipinski definition) is 2. The van der Waals surface area contributed by atoms with Crippen molar-refractivity contribution < 1.29 is 4.79 Å². The summed E-state index contributed by atoms with van der Waals surface area (Å²) in [5, 5.41) is 0.432. The highest BCUT2D eigenvalue weighted by atomic mass is 35.5. The Morgan fingerprint density at radius 3 is 2.86 bits per heavy atom. The molecule has 0 bridgehead atoms. The average molecular weight is 209 g/mol. The molecule has 14 heavy (non-hydrogen) atoms. The quantitative estimate of drug-likeness (QED) is 0.675. The Kier molecular flexibility index (Phi) is 2.04. The predicted molar refractivity (Wildman–Crippen MR) is 55.8 cm³/mol. The topological polar surface area (TPSA) is 34.9 Å². The molecule has 4 heteroatoms. The summed E-state index contributed by atoms with van der Waals surface area (Å²) in [6.07, 6.45) is 0.742. The highest BCUT2D eigenvalue weighted by molar-refractivity contribution is 6.37. The van der Waals surface area contributed by atoms with E-state index in [1.54, 1.807) is 6.07 Å². The SMILES string of the molecule is Cc1nc2c(Cl)c(C=O)ccc2n1C. The molecular formula is C10H9ClN2O. The van der Waals surface area contributed by atoms with Crippen molar-refractivity contribution in [2.75, 3.05) is 0 Å². The van der Waals surface area contributed by atoms with Crippen LogP contribution in [0, 0.1) is 6.92 Å². The van der Waals surface area contributed by atoms with Crippen LogP contribution in [0.5, 0.6) is 0 Å². The molecule has 0 N–H and O–H groups in total. The van der Waals surface area contributed by atoms with E-state index in [1.807, 2.05) is 24.6 Å². The van der Waals surface area contributed by atoms with Gasteiger partial charge in [-0.15, -0.1) is 0 Å². The number of carbonyl (C=O) groups excluding carboxylic acids is 1. The Balaban J connectivity index is 2.90. The summed E-state index contributed by atoms with van der Waals surface area (Å²) in [5.41, 5.74) is 2.12. The van der Waals surface area contributed by atoms with Gasteiger partial charge < -0.3 is 4.57 Å². The van der Waals surface area contributed by atoms with E-state index in [0.29, 0.717) is 16.1 Å². The summed E-state index contributed by atoms with van der Waals surface area (Å²) in [4.78, 5) is 14.9. The maximum atomic E-state index is 10.6. The van der Waals surface area contributed by atoms with E-state index in [1.165, 1.54) is 0 Å². The molecule has 2 aromatic rings. The van der Waals surface area contributed by atoms with Crippen LogP contribution < -0.4 is 0 Å². The van der Waals surface area contributed by atoms with Crippen LogP contribution in [-0.4, -0.2) is 15.8 Å². The fourth-order valence-corrected chi connectivity index (χ4v) is 1.70. The van der Waals surface area contributed by atoms with Crippen molar-refractivity contribution in [2.24, 2.45) is 7.05 Å². The van der Waals surface area contributed by atoms with Crippen molar-refractivity contribution in [1.82, 2.24) is 9.55 Å². The van der Waals surface area contributed by atoms with Gasteiger partial charge >= 0.3 is 0 Å². The average Bonchev–Trinajstić information content (AvgIpc) is 2.46. The minimum Gasteiger partial charge on any atom is -0.331 e. The molecule has 0 unspecified atom stereocenters. The number of hydrogen-bond donors (Lipinski definition) is 0. The molecule has 0 saturated heterocycles. The predicted octanol–water partition coefficient (Wildman–Crippen LogP) is 2.35. The highest BCUT2D eigenvalue weighted by Crippen LogP contribution is 2.25. The number of imidazole rings is 1. The molecule has 0 fully saturated rings. The van der Waals surface area contributed by atoms with Crippen molar-refractivity contribution in [1.29, 1.82) is 0 Å². The second kappa shape index (κ2) is 3.10. The van der Waals surface area contributed by atoms with E-state index >= 15 is 0 Å². The Morgan fingerprint density at radius 1 is 1.50 bits per heavy atom. The number of fused-ring (bicyclic) bond motifs is 1. The van der Waals surface area contributed by atoms with Gasteiger partial charge in [0.1, 0.15) is 11.3 Å². The molecule has 1 aromatic carbocycles. The minimum absolute atomic E-state index is 0.432. The van der Waals surface area contributed by atoms with Gasteiger partial charge in [-0.2, -0.15) is 0 Å². The van der Waals surface area contributed by atoms with Gasteiger partial charge in [0, 0.05) is 12.6 Å². The molecule has 3 nitrogen and oxygen atoms in total. The lowest BCUT2D eigenvalue weighted by atomic mass is 10.2. The number of aromatic nitrogens is 2. The van der Waals surface area contributed by atoms with Crippen LogP contribution in [0.4, 0.5) is 0 Å². The Bertz CT molecular complexity index is 516. The van der Waals surface area contributed by atoms with Gasteiger partial charge in [0.25, 0.3) is 0 Å². The summed E-state index contributed by atoms with van der Waals surface area (Å²) in [6, 6.07) is 3.56. The number of aryl methyl sites for hydroxylation is 2. The third kappa shape index (κ3) is 1.13. The van der Waals surface area contributed by atoms with Crippen molar-refractivity contribution in [3.63, 3.8) is 0 Å². The monoisotopic (exact) mass is 208 g/mol. The molecule has 1 heterocycles. The smallest absolute Gasteiger partial charge is 0.151 e. The second-order valence-electron chi connectivity index (χ2n) is 3.17. The summed E-state index contributed by atoms with van der Waals surface area (Å²) in [7, 11) is 1.92. The number of aldehydes is 1. The van der Waals surface area contributed by atoms with Gasteiger partial charge in [-0.05, 0) is 19.1 Å². The standard InChI is InChI=1S/C10H9ClN2O/c1-6-12-10-8(13(6)2)4-3-7(5-14)9(10)11/h3-5H,1-2H3. The minimum atomic E-state index is 0.432. The molecule has 0 amide bonds. The maximum absolute atomic E-state index is 10.6. The zero-order valence-electron chi connectivity index (χ0n) is 7.91. The Labute approximate surface area is 86.3 Å². The van der Waals surface area contributed by atoms with Gasteiger partial charge in [0.15, 0.2) is 6.29 Å². The van der Waals surface area contributed by atoms with Crippen LogP contribution in [0.25, 0.3) is 11.0 Å². The second-order valence-corrected chi connectivity index (χ2v) is 3.55. The molecule has 0 aliphatic heterocycles. The van der Waals surface area contributed by atoms with Crippen LogP contribution in [-0.2, 0) is 7.05 Å². The van der Waals surface area contributed by atoms with Gasteiger partial charge in [-0.1, -0.05) is 11.6 Å². The van der Waals surface area contributed by atoms with E-state index in [9.17, 15) is 4.79 Å². The largest absolute Gasteiger partial charge is 0.331 e. The first kappa shape index (κ1) is 9.21. The molecule has 0 saturated carbocycles. The van der Waals surface area contributed by atoms with Gasteiger partial charge in [-0.3, -0.25) is 4.79 Å². The zero-order valence-corrected chi connectivity index (χ0v) is 8.67. The summed E-state index contributed by atoms with van der Waals surface area (Å²) >= 11 is 6.02. The molecular weight excluding hydrogens is 200 g/mol. The molecule has 72 valence electrons. The van der Waals surface area contributed by atoms with E-state index in [4.69, 9.17) is 11.6 Å². The van der Waals surface area contributed by atoms with Crippen LogP contribution in [0.2, 0.25) is 5.02 Å². The van der Waals surface area contributed by atoms with Gasteiger partial charge in [0.05, 0.1) is 10.5 Å². The first-order valence-electron chi connectivity index (χ1n) is 4.22. The lowest BCUT2D eigenvalue weighted by molar-refractivity contribution is 0.112. The first-order chi connectivity index (χ1) is 6.65. The lowest BCUT2D eigenvalue weighted by Gasteiger charge is -1.98. The molecule has 1 aromatic heterocycles. The van der Waals surface area contributed by atoms with E-state index in [2.05, 4.69) is 4.98 Å². The maximum Gasteiger partial charge on any atom is 0.151 e. The molecule has 0 aliphatic carbocycles. The number of benzene rings is 1. The van der Waals surface area contributed by atoms with E-state index < -0.39 is 0 Å². The van der Waals surface area contributed by atoms with E-state index in [0.717, 1.165) is 17.6 Å². The third-order valence-corrected chi connectivity index (χ3v) is 2.77. The van der Waals surface area contributed by atoms with E-state index in [-0.39, 0.29) is 0 Å². The Hall–Kier alpha value is -1.35. The number of nitrogens with zero attached hydrogens (tertiary/aromatic N) is 2. The van der Waals surface area contributed by atoms with Crippen molar-refractivity contribution in [2.45, 2.75) is 6.92 Å². The zero-order chi connectivity index (χ0) is 10.3. The molecule has 0 radical (unpaired) electrons.